The molecule has 0 aliphatic carbocycles. The van der Waals surface area contributed by atoms with Crippen molar-refractivity contribution in [1.29, 1.82) is 0 Å². The second-order valence-electron chi connectivity index (χ2n) is 6.81. The van der Waals surface area contributed by atoms with Crippen LogP contribution >= 0.6 is 11.3 Å². The zero-order valence-corrected chi connectivity index (χ0v) is 17.1. The first-order valence-electron chi connectivity index (χ1n) is 9.49. The monoisotopic (exact) mass is 415 g/mol. The fraction of sp³-hybridized carbons (Fsp3) is 0.350. The van der Waals surface area contributed by atoms with Gasteiger partial charge in [0, 0.05) is 31.9 Å². The van der Waals surface area contributed by atoms with E-state index in [2.05, 4.69) is 20.2 Å². The zero-order valence-electron chi connectivity index (χ0n) is 16.3. The summed E-state index contributed by atoms with van der Waals surface area (Å²) < 4.78 is 19.2. The highest BCUT2D eigenvalue weighted by molar-refractivity contribution is 7.16. The molecule has 0 bridgehead atoms. The van der Waals surface area contributed by atoms with Gasteiger partial charge in [-0.2, -0.15) is 0 Å². The van der Waals surface area contributed by atoms with Crippen LogP contribution in [0.2, 0.25) is 0 Å². The molecule has 0 spiro atoms. The highest BCUT2D eigenvalue weighted by Gasteiger charge is 2.23. The van der Waals surface area contributed by atoms with Gasteiger partial charge in [-0.1, -0.05) is 0 Å². The quantitative estimate of drug-likeness (QED) is 0.700. The van der Waals surface area contributed by atoms with E-state index in [9.17, 15) is 9.18 Å². The molecule has 1 N–H and O–H groups in total. The number of nitrogens with zero attached hydrogens (tertiary/aromatic N) is 4. The number of urea groups is 1. The minimum absolute atomic E-state index is 0.244. The van der Waals surface area contributed by atoms with Crippen molar-refractivity contribution in [3.8, 4) is 5.88 Å². The van der Waals surface area contributed by atoms with Crippen molar-refractivity contribution in [1.82, 2.24) is 14.9 Å². The van der Waals surface area contributed by atoms with E-state index in [1.54, 1.807) is 4.90 Å². The van der Waals surface area contributed by atoms with Gasteiger partial charge in [-0.05, 0) is 49.1 Å². The lowest BCUT2D eigenvalue weighted by molar-refractivity contribution is 0.208. The molecule has 29 heavy (non-hydrogen) atoms. The summed E-state index contributed by atoms with van der Waals surface area (Å²) in [6.45, 7) is 6.48. The Hall–Kier alpha value is -2.94. The van der Waals surface area contributed by atoms with Crippen LogP contribution in [0.1, 0.15) is 12.5 Å². The number of aryl methyl sites for hydroxylation is 1. The fourth-order valence-corrected chi connectivity index (χ4v) is 4.05. The highest BCUT2D eigenvalue weighted by Crippen LogP contribution is 2.27. The average Bonchev–Trinajstić information content (AvgIpc) is 3.15. The first-order valence-corrected chi connectivity index (χ1v) is 10.4. The summed E-state index contributed by atoms with van der Waals surface area (Å²) in [5.41, 5.74) is 2.47. The topological polar surface area (TPSA) is 70.6 Å². The van der Waals surface area contributed by atoms with E-state index in [1.165, 1.54) is 23.5 Å². The SMILES string of the molecule is CCOc1nc2ccsc2nc1NC(=O)N1CCN(c2cc(C)cc(F)c2)CC1. The number of benzene rings is 1. The molecule has 0 radical (unpaired) electrons. The summed E-state index contributed by atoms with van der Waals surface area (Å²) in [6.07, 6.45) is 0. The van der Waals surface area contributed by atoms with Crippen molar-refractivity contribution < 1.29 is 13.9 Å². The highest BCUT2D eigenvalue weighted by atomic mass is 32.1. The van der Waals surface area contributed by atoms with Crippen LogP contribution < -0.4 is 15.0 Å². The van der Waals surface area contributed by atoms with Crippen LogP contribution in [-0.4, -0.2) is 53.7 Å². The van der Waals surface area contributed by atoms with E-state index in [0.717, 1.165) is 21.6 Å². The Bertz CT molecular complexity index is 1010. The minimum Gasteiger partial charge on any atom is -0.475 e. The molecule has 2 aromatic heterocycles. The van der Waals surface area contributed by atoms with Crippen molar-refractivity contribution in [3.63, 3.8) is 0 Å². The van der Waals surface area contributed by atoms with E-state index in [1.807, 2.05) is 31.4 Å². The van der Waals surface area contributed by atoms with Gasteiger partial charge in [-0.15, -0.1) is 11.3 Å². The Balaban J connectivity index is 1.43. The zero-order chi connectivity index (χ0) is 20.4. The van der Waals surface area contributed by atoms with Crippen LogP contribution in [-0.2, 0) is 0 Å². The number of piperazine rings is 1. The van der Waals surface area contributed by atoms with E-state index in [4.69, 9.17) is 4.74 Å². The maximum absolute atomic E-state index is 13.7. The van der Waals surface area contributed by atoms with Crippen LogP contribution in [0.5, 0.6) is 5.88 Å². The lowest BCUT2D eigenvalue weighted by atomic mass is 10.2. The van der Waals surface area contributed by atoms with E-state index in [-0.39, 0.29) is 11.8 Å². The van der Waals surface area contributed by atoms with Crippen molar-refractivity contribution in [3.05, 3.63) is 41.0 Å². The Labute approximate surface area is 172 Å². The van der Waals surface area contributed by atoms with Gasteiger partial charge in [0.2, 0.25) is 0 Å². The van der Waals surface area contributed by atoms with Gasteiger partial charge in [-0.3, -0.25) is 5.32 Å². The normalized spacial score (nSPS) is 14.3. The number of carbonyl (C=O) groups is 1. The summed E-state index contributed by atoms with van der Waals surface area (Å²) in [5.74, 6) is 0.404. The minimum atomic E-state index is -0.244. The van der Waals surface area contributed by atoms with Gasteiger partial charge in [0.1, 0.15) is 16.2 Å². The van der Waals surface area contributed by atoms with Gasteiger partial charge >= 0.3 is 6.03 Å². The standard InChI is InChI=1S/C20H22FN5O2S/c1-3-28-18-17(23-19-16(22-18)4-9-29-19)24-20(27)26-7-5-25(6-8-26)15-11-13(2)10-14(21)12-15/h4,9-12H,3,5-8H2,1-2H3,(H,23,24,27). The molecule has 3 heterocycles. The van der Waals surface area contributed by atoms with Crippen molar-refractivity contribution >= 4 is 39.2 Å². The molecule has 3 aromatic rings. The number of thiophene rings is 1. The molecule has 9 heteroatoms. The first-order chi connectivity index (χ1) is 14.0. The predicted molar refractivity (Wildman–Crippen MR) is 113 cm³/mol. The van der Waals surface area contributed by atoms with Crippen LogP contribution in [0.15, 0.2) is 29.6 Å². The van der Waals surface area contributed by atoms with E-state index in [0.29, 0.717) is 44.5 Å². The molecule has 152 valence electrons. The molecule has 4 rings (SSSR count). The maximum atomic E-state index is 13.7. The van der Waals surface area contributed by atoms with Crippen LogP contribution in [0.3, 0.4) is 0 Å². The largest absolute Gasteiger partial charge is 0.475 e. The Kier molecular flexibility index (Phi) is 5.48. The molecule has 0 atom stereocenters. The maximum Gasteiger partial charge on any atom is 0.323 e. The van der Waals surface area contributed by atoms with Gasteiger partial charge < -0.3 is 14.5 Å². The Morgan fingerprint density at radius 3 is 2.76 bits per heavy atom. The second-order valence-corrected chi connectivity index (χ2v) is 7.71. The van der Waals surface area contributed by atoms with Crippen LogP contribution in [0, 0.1) is 12.7 Å². The molecular formula is C20H22FN5O2S. The Morgan fingerprint density at radius 2 is 2.03 bits per heavy atom. The third-order valence-corrected chi connectivity index (χ3v) is 5.52. The molecule has 7 nitrogen and oxygen atoms in total. The smallest absolute Gasteiger partial charge is 0.323 e. The van der Waals surface area contributed by atoms with E-state index >= 15 is 0 Å². The lowest BCUT2D eigenvalue weighted by Crippen LogP contribution is -2.50. The number of carbonyl (C=O) groups excluding carboxylic acids is 1. The number of halogens is 1. The number of ether oxygens (including phenoxy) is 1. The average molecular weight is 415 g/mol. The summed E-state index contributed by atoms with van der Waals surface area (Å²) >= 11 is 1.46. The number of rotatable bonds is 4. The van der Waals surface area contributed by atoms with Crippen LogP contribution in [0.4, 0.5) is 20.7 Å². The molecule has 1 aromatic carbocycles. The first kappa shape index (κ1) is 19.4. The van der Waals surface area contributed by atoms with Crippen molar-refractivity contribution in [2.45, 2.75) is 13.8 Å². The molecule has 1 aliphatic heterocycles. The predicted octanol–water partition coefficient (Wildman–Crippen LogP) is 3.89. The number of nitrogens with one attached hydrogen (secondary N) is 1. The number of amides is 2. The third-order valence-electron chi connectivity index (χ3n) is 4.73. The van der Waals surface area contributed by atoms with Crippen molar-refractivity contribution in [2.24, 2.45) is 0 Å². The van der Waals surface area contributed by atoms with Gasteiger partial charge in [0.05, 0.1) is 6.61 Å². The summed E-state index contributed by atoms with van der Waals surface area (Å²) in [5, 5.41) is 4.74. The molecule has 1 aliphatic rings. The summed E-state index contributed by atoms with van der Waals surface area (Å²) in [4.78, 5) is 26.2. The van der Waals surface area contributed by atoms with Crippen LogP contribution in [0.25, 0.3) is 10.3 Å². The molecule has 0 unspecified atom stereocenters. The van der Waals surface area contributed by atoms with Gasteiger partial charge in [-0.25, -0.2) is 19.2 Å². The fourth-order valence-electron chi connectivity index (χ4n) is 3.34. The number of hydrogen-bond acceptors (Lipinski definition) is 6. The number of fused-ring (bicyclic) bond motifs is 1. The van der Waals surface area contributed by atoms with Crippen molar-refractivity contribution in [2.75, 3.05) is 43.0 Å². The molecule has 1 saturated heterocycles. The molecule has 1 fully saturated rings. The van der Waals surface area contributed by atoms with Gasteiger partial charge in [0.15, 0.2) is 5.82 Å². The summed E-state index contributed by atoms with van der Waals surface area (Å²) in [7, 11) is 0. The molecule has 0 saturated carbocycles. The summed E-state index contributed by atoms with van der Waals surface area (Å²) in [6, 6.07) is 6.62. The second kappa shape index (κ2) is 8.20. The lowest BCUT2D eigenvalue weighted by Gasteiger charge is -2.36. The molecule has 2 amide bonds. The van der Waals surface area contributed by atoms with Gasteiger partial charge in [0.25, 0.3) is 5.88 Å². The Morgan fingerprint density at radius 1 is 1.24 bits per heavy atom. The number of anilines is 2. The number of hydrogen-bond donors (Lipinski definition) is 1. The van der Waals surface area contributed by atoms with E-state index < -0.39 is 0 Å². The number of aromatic nitrogens is 2. The molecular weight excluding hydrogens is 393 g/mol. The third kappa shape index (κ3) is 4.24.